The van der Waals surface area contributed by atoms with Crippen LogP contribution in [-0.2, 0) is 0 Å². The van der Waals surface area contributed by atoms with Gasteiger partial charge in [-0.2, -0.15) is 0 Å². The molecule has 0 saturated heterocycles. The highest BCUT2D eigenvalue weighted by molar-refractivity contribution is 6.32. The average Bonchev–Trinajstić information content (AvgIpc) is 3.06. The number of nitrogens with zero attached hydrogens (tertiary/aromatic N) is 2. The molecule has 0 spiro atoms. The molecule has 7 heteroatoms. The number of carbonyl (C=O) groups excluding carboxylic acids is 1. The van der Waals surface area contributed by atoms with Gasteiger partial charge in [-0.15, -0.1) is 0 Å². The number of hydrogen-bond acceptors (Lipinski definition) is 5. The zero-order valence-electron chi connectivity index (χ0n) is 19.5. The molecule has 0 N–H and O–H groups in total. The van der Waals surface area contributed by atoms with E-state index in [0.29, 0.717) is 34.7 Å². The Balaban J connectivity index is 1.82. The van der Waals surface area contributed by atoms with Crippen LogP contribution >= 0.6 is 11.6 Å². The van der Waals surface area contributed by atoms with Gasteiger partial charge in [0.2, 0.25) is 5.76 Å². The summed E-state index contributed by atoms with van der Waals surface area (Å²) in [7, 11) is 3.99. The quantitative estimate of drug-likeness (QED) is 0.463. The first-order valence-corrected chi connectivity index (χ1v) is 11.6. The van der Waals surface area contributed by atoms with Crippen molar-refractivity contribution in [3.05, 3.63) is 74.1 Å². The van der Waals surface area contributed by atoms with Crippen LogP contribution in [-0.4, -0.2) is 49.5 Å². The molecular weight excluding hydrogens is 440 g/mol. The molecule has 33 heavy (non-hydrogen) atoms. The van der Waals surface area contributed by atoms with Gasteiger partial charge < -0.3 is 19.0 Å². The fourth-order valence-electron chi connectivity index (χ4n) is 4.24. The molecule has 2 aromatic carbocycles. The summed E-state index contributed by atoms with van der Waals surface area (Å²) in [5.74, 6) is 0.624. The molecule has 1 atom stereocenters. The molecular formula is C26H29ClN2O4. The fraction of sp³-hybridized carbons (Fsp3) is 0.385. The Hall–Kier alpha value is -2.83. The van der Waals surface area contributed by atoms with Gasteiger partial charge in [-0.05, 0) is 75.8 Å². The molecule has 0 aliphatic carbocycles. The number of amides is 1. The maximum absolute atomic E-state index is 13.6. The highest BCUT2D eigenvalue weighted by atomic mass is 35.5. The van der Waals surface area contributed by atoms with E-state index in [0.717, 1.165) is 36.3 Å². The first-order chi connectivity index (χ1) is 15.8. The highest BCUT2D eigenvalue weighted by Crippen LogP contribution is 2.39. The van der Waals surface area contributed by atoms with Gasteiger partial charge in [0, 0.05) is 11.6 Å². The van der Waals surface area contributed by atoms with Gasteiger partial charge in [0.25, 0.3) is 5.91 Å². The minimum absolute atomic E-state index is 0.121. The number of hydrogen-bond donors (Lipinski definition) is 0. The predicted octanol–water partition coefficient (Wildman–Crippen LogP) is 5.04. The third kappa shape index (κ3) is 4.50. The topological polar surface area (TPSA) is 63.0 Å². The molecule has 1 unspecified atom stereocenters. The van der Waals surface area contributed by atoms with Gasteiger partial charge in [0.05, 0.1) is 23.6 Å². The van der Waals surface area contributed by atoms with Crippen LogP contribution in [0, 0.1) is 6.92 Å². The Bertz CT molecular complexity index is 1230. The van der Waals surface area contributed by atoms with Gasteiger partial charge in [-0.3, -0.25) is 9.59 Å². The predicted molar refractivity (Wildman–Crippen MR) is 131 cm³/mol. The van der Waals surface area contributed by atoms with Crippen LogP contribution in [0.1, 0.15) is 53.1 Å². The Kier molecular flexibility index (Phi) is 6.77. The second-order valence-electron chi connectivity index (χ2n) is 8.75. The van der Waals surface area contributed by atoms with Crippen molar-refractivity contribution in [2.45, 2.75) is 32.7 Å². The Morgan fingerprint density at radius 3 is 2.55 bits per heavy atom. The summed E-state index contributed by atoms with van der Waals surface area (Å²) in [5, 5.41) is 0.885. The Labute approximate surface area is 198 Å². The highest BCUT2D eigenvalue weighted by Gasteiger charge is 2.42. The molecule has 174 valence electrons. The third-order valence-corrected chi connectivity index (χ3v) is 6.33. The maximum atomic E-state index is 13.6. The lowest BCUT2D eigenvalue weighted by Gasteiger charge is -2.26. The van der Waals surface area contributed by atoms with Crippen LogP contribution in [0.3, 0.4) is 0 Å². The van der Waals surface area contributed by atoms with Crippen LogP contribution in [0.5, 0.6) is 5.75 Å². The summed E-state index contributed by atoms with van der Waals surface area (Å²) in [5.41, 5.74) is 2.18. The summed E-state index contributed by atoms with van der Waals surface area (Å²) < 4.78 is 11.7. The average molecular weight is 469 g/mol. The van der Waals surface area contributed by atoms with E-state index in [1.807, 2.05) is 45.3 Å². The van der Waals surface area contributed by atoms with Gasteiger partial charge in [0.15, 0.2) is 5.43 Å². The van der Waals surface area contributed by atoms with Gasteiger partial charge in [-0.25, -0.2) is 0 Å². The number of halogens is 1. The molecule has 0 radical (unpaired) electrons. The summed E-state index contributed by atoms with van der Waals surface area (Å²) in [4.78, 5) is 30.9. The Morgan fingerprint density at radius 2 is 1.88 bits per heavy atom. The van der Waals surface area contributed by atoms with Crippen molar-refractivity contribution >= 4 is 28.5 Å². The largest absolute Gasteiger partial charge is 0.494 e. The number of aryl methyl sites for hydroxylation is 1. The molecule has 1 aliphatic heterocycles. The van der Waals surface area contributed by atoms with E-state index in [2.05, 4.69) is 11.8 Å². The van der Waals surface area contributed by atoms with Gasteiger partial charge in [-0.1, -0.05) is 30.7 Å². The van der Waals surface area contributed by atoms with E-state index in [1.165, 1.54) is 0 Å². The second-order valence-corrected chi connectivity index (χ2v) is 9.15. The van der Waals surface area contributed by atoms with Crippen molar-refractivity contribution in [1.82, 2.24) is 9.80 Å². The summed E-state index contributed by atoms with van der Waals surface area (Å²) in [6.07, 6.45) is 1.70. The zero-order chi connectivity index (χ0) is 23.7. The van der Waals surface area contributed by atoms with Crippen LogP contribution < -0.4 is 10.2 Å². The van der Waals surface area contributed by atoms with Crippen LogP contribution in [0.4, 0.5) is 0 Å². The first-order valence-electron chi connectivity index (χ1n) is 11.3. The number of ether oxygens (including phenoxy) is 1. The van der Waals surface area contributed by atoms with E-state index in [-0.39, 0.29) is 17.1 Å². The number of rotatable bonds is 8. The minimum Gasteiger partial charge on any atom is -0.494 e. The van der Waals surface area contributed by atoms with Crippen molar-refractivity contribution in [2.24, 2.45) is 0 Å². The van der Waals surface area contributed by atoms with E-state index in [1.54, 1.807) is 17.0 Å². The molecule has 1 aliphatic rings. The lowest BCUT2D eigenvalue weighted by molar-refractivity contribution is 0.0722. The standard InChI is InChI=1S/C26H29ClN2O4/c1-5-13-32-18-9-7-17(8-10-18)23-22-24(30)19-15-20(27)16(2)14-21(19)33-25(22)26(31)29(23)12-6-11-28(3)4/h7-10,14-15,23H,5-6,11-13H2,1-4H3. The minimum atomic E-state index is -0.518. The molecule has 4 rings (SSSR count). The normalized spacial score (nSPS) is 15.5. The van der Waals surface area contributed by atoms with Crippen molar-refractivity contribution in [2.75, 3.05) is 33.8 Å². The van der Waals surface area contributed by atoms with Gasteiger partial charge >= 0.3 is 0 Å². The molecule has 3 aromatic rings. The van der Waals surface area contributed by atoms with E-state index >= 15 is 0 Å². The summed E-state index contributed by atoms with van der Waals surface area (Å²) in [6.45, 7) is 5.87. The lowest BCUT2D eigenvalue weighted by Crippen LogP contribution is -2.32. The molecule has 0 saturated carbocycles. The zero-order valence-corrected chi connectivity index (χ0v) is 20.2. The van der Waals surface area contributed by atoms with E-state index < -0.39 is 6.04 Å². The fourth-order valence-corrected chi connectivity index (χ4v) is 4.41. The molecule has 2 heterocycles. The molecule has 1 aromatic heterocycles. The van der Waals surface area contributed by atoms with E-state index in [4.69, 9.17) is 20.8 Å². The molecule has 6 nitrogen and oxygen atoms in total. The van der Waals surface area contributed by atoms with Crippen LogP contribution in [0.25, 0.3) is 11.0 Å². The monoisotopic (exact) mass is 468 g/mol. The summed E-state index contributed by atoms with van der Waals surface area (Å²) >= 11 is 6.30. The smallest absolute Gasteiger partial charge is 0.290 e. The second kappa shape index (κ2) is 9.57. The number of carbonyl (C=O) groups is 1. The van der Waals surface area contributed by atoms with Crippen molar-refractivity contribution in [3.63, 3.8) is 0 Å². The first kappa shape index (κ1) is 23.3. The maximum Gasteiger partial charge on any atom is 0.290 e. The Morgan fingerprint density at radius 1 is 1.15 bits per heavy atom. The van der Waals surface area contributed by atoms with Crippen molar-refractivity contribution < 1.29 is 13.9 Å². The number of fused-ring (bicyclic) bond motifs is 2. The molecule has 1 amide bonds. The lowest BCUT2D eigenvalue weighted by atomic mass is 9.98. The van der Waals surface area contributed by atoms with Crippen LogP contribution in [0.15, 0.2) is 45.6 Å². The van der Waals surface area contributed by atoms with Gasteiger partial charge in [0.1, 0.15) is 11.3 Å². The van der Waals surface area contributed by atoms with Crippen molar-refractivity contribution in [3.8, 4) is 5.75 Å². The SMILES string of the molecule is CCCOc1ccc(C2c3c(oc4cc(C)c(Cl)cc4c3=O)C(=O)N2CCCN(C)C)cc1. The van der Waals surface area contributed by atoms with Crippen molar-refractivity contribution in [1.29, 1.82) is 0 Å². The molecule has 0 fully saturated rings. The van der Waals surface area contributed by atoms with E-state index in [9.17, 15) is 9.59 Å². The summed E-state index contributed by atoms with van der Waals surface area (Å²) in [6, 6.07) is 10.4. The number of benzene rings is 2. The third-order valence-electron chi connectivity index (χ3n) is 5.92. The molecule has 0 bridgehead atoms. The van der Waals surface area contributed by atoms with Crippen LogP contribution in [0.2, 0.25) is 5.02 Å².